The second-order valence-electron chi connectivity index (χ2n) is 5.83. The van der Waals surface area contributed by atoms with Gasteiger partial charge >= 0.3 is 0 Å². The van der Waals surface area contributed by atoms with Crippen molar-refractivity contribution in [2.75, 3.05) is 20.8 Å². The molecule has 0 unspecified atom stereocenters. The molecule has 25 heavy (non-hydrogen) atoms. The Morgan fingerprint density at radius 2 is 1.72 bits per heavy atom. The van der Waals surface area contributed by atoms with Gasteiger partial charge in [0.25, 0.3) is 5.91 Å². The van der Waals surface area contributed by atoms with Gasteiger partial charge in [-0.05, 0) is 30.2 Å². The summed E-state index contributed by atoms with van der Waals surface area (Å²) < 4.78 is 12.7. The van der Waals surface area contributed by atoms with E-state index in [2.05, 4.69) is 28.2 Å². The van der Waals surface area contributed by atoms with Gasteiger partial charge in [-0.25, -0.2) is 0 Å². The number of rotatable bonds is 6. The van der Waals surface area contributed by atoms with Gasteiger partial charge in [-0.2, -0.15) is 0 Å². The number of para-hydroxylation sites is 1. The largest absolute Gasteiger partial charge is 0.496 e. The summed E-state index contributed by atoms with van der Waals surface area (Å²) in [6.07, 6.45) is 2.87. The van der Waals surface area contributed by atoms with Crippen LogP contribution < -0.4 is 14.8 Å². The Bertz CT molecular complexity index is 877. The summed E-state index contributed by atoms with van der Waals surface area (Å²) in [4.78, 5) is 12.6. The second kappa shape index (κ2) is 7.30. The van der Waals surface area contributed by atoms with E-state index in [1.165, 1.54) is 16.5 Å². The summed E-state index contributed by atoms with van der Waals surface area (Å²) in [5.74, 6) is 0.804. The molecule has 0 radical (unpaired) electrons. The SMILES string of the molecule is COc1cccc(OC)c1C(=O)NCCc1cn(C)c2ccccc12. The Kier molecular flexibility index (Phi) is 4.93. The maximum atomic E-state index is 12.6. The van der Waals surface area contributed by atoms with Crippen molar-refractivity contribution in [3.63, 3.8) is 0 Å². The molecule has 0 aliphatic carbocycles. The third-order valence-corrected chi connectivity index (χ3v) is 4.31. The van der Waals surface area contributed by atoms with Gasteiger partial charge in [0, 0.05) is 30.7 Å². The number of carbonyl (C=O) groups is 1. The lowest BCUT2D eigenvalue weighted by Gasteiger charge is -2.12. The van der Waals surface area contributed by atoms with E-state index in [0.717, 1.165) is 6.42 Å². The molecule has 3 rings (SSSR count). The van der Waals surface area contributed by atoms with Gasteiger partial charge in [0.05, 0.1) is 14.2 Å². The zero-order valence-corrected chi connectivity index (χ0v) is 14.7. The Hall–Kier alpha value is -2.95. The summed E-state index contributed by atoms with van der Waals surface area (Å²) >= 11 is 0. The highest BCUT2D eigenvalue weighted by molar-refractivity contribution is 5.99. The summed E-state index contributed by atoms with van der Waals surface area (Å²) in [6.45, 7) is 0.536. The van der Waals surface area contributed by atoms with E-state index in [-0.39, 0.29) is 5.91 Å². The summed E-state index contributed by atoms with van der Waals surface area (Å²) in [5, 5.41) is 4.18. The van der Waals surface area contributed by atoms with Gasteiger partial charge in [0.1, 0.15) is 17.1 Å². The third-order valence-electron chi connectivity index (χ3n) is 4.31. The highest BCUT2D eigenvalue weighted by Gasteiger charge is 2.17. The van der Waals surface area contributed by atoms with Crippen LogP contribution in [-0.2, 0) is 13.5 Å². The minimum Gasteiger partial charge on any atom is -0.496 e. The lowest BCUT2D eigenvalue weighted by atomic mass is 10.1. The van der Waals surface area contributed by atoms with Crippen molar-refractivity contribution < 1.29 is 14.3 Å². The van der Waals surface area contributed by atoms with Gasteiger partial charge in [0.2, 0.25) is 0 Å². The topological polar surface area (TPSA) is 52.5 Å². The van der Waals surface area contributed by atoms with Crippen LogP contribution in [0.3, 0.4) is 0 Å². The molecule has 0 aliphatic rings. The predicted molar refractivity (Wildman–Crippen MR) is 98.5 cm³/mol. The van der Waals surface area contributed by atoms with Crippen LogP contribution in [0.2, 0.25) is 0 Å². The molecule has 0 atom stereocenters. The first-order chi connectivity index (χ1) is 12.2. The van der Waals surface area contributed by atoms with Crippen molar-refractivity contribution in [1.82, 2.24) is 9.88 Å². The zero-order valence-electron chi connectivity index (χ0n) is 14.7. The van der Waals surface area contributed by atoms with Crippen molar-refractivity contribution in [1.29, 1.82) is 0 Å². The predicted octanol–water partition coefficient (Wildman–Crippen LogP) is 3.17. The highest BCUT2D eigenvalue weighted by atomic mass is 16.5. The van der Waals surface area contributed by atoms with Crippen LogP contribution in [-0.4, -0.2) is 31.2 Å². The molecule has 1 amide bonds. The van der Waals surface area contributed by atoms with E-state index in [0.29, 0.717) is 23.6 Å². The molecule has 0 bridgehead atoms. The molecule has 1 N–H and O–H groups in total. The van der Waals surface area contributed by atoms with E-state index in [1.807, 2.05) is 19.2 Å². The fourth-order valence-corrected chi connectivity index (χ4v) is 3.10. The fourth-order valence-electron chi connectivity index (χ4n) is 3.10. The Balaban J connectivity index is 1.73. The smallest absolute Gasteiger partial charge is 0.258 e. The lowest BCUT2D eigenvalue weighted by Crippen LogP contribution is -2.26. The van der Waals surface area contributed by atoms with Gasteiger partial charge in [-0.3, -0.25) is 4.79 Å². The van der Waals surface area contributed by atoms with Crippen molar-refractivity contribution in [2.45, 2.75) is 6.42 Å². The molecule has 1 aromatic heterocycles. The van der Waals surface area contributed by atoms with Crippen LogP contribution >= 0.6 is 0 Å². The number of benzene rings is 2. The average Bonchev–Trinajstić information content (AvgIpc) is 2.97. The zero-order chi connectivity index (χ0) is 17.8. The van der Waals surface area contributed by atoms with Gasteiger partial charge < -0.3 is 19.4 Å². The van der Waals surface area contributed by atoms with E-state index in [1.54, 1.807) is 32.4 Å². The van der Waals surface area contributed by atoms with Crippen LogP contribution in [0.5, 0.6) is 11.5 Å². The molecule has 0 fully saturated rings. The van der Waals surface area contributed by atoms with Gasteiger partial charge in [0.15, 0.2) is 0 Å². The molecular formula is C20H22N2O3. The lowest BCUT2D eigenvalue weighted by molar-refractivity contribution is 0.0948. The molecular weight excluding hydrogens is 316 g/mol. The number of amides is 1. The number of nitrogens with one attached hydrogen (secondary N) is 1. The van der Waals surface area contributed by atoms with Gasteiger partial charge in [-0.15, -0.1) is 0 Å². The molecule has 5 nitrogen and oxygen atoms in total. The number of methoxy groups -OCH3 is 2. The van der Waals surface area contributed by atoms with Crippen LogP contribution in [0.1, 0.15) is 15.9 Å². The second-order valence-corrected chi connectivity index (χ2v) is 5.83. The van der Waals surface area contributed by atoms with Crippen LogP contribution in [0, 0.1) is 0 Å². The third kappa shape index (κ3) is 3.31. The Morgan fingerprint density at radius 3 is 2.40 bits per heavy atom. The Morgan fingerprint density at radius 1 is 1.04 bits per heavy atom. The summed E-state index contributed by atoms with van der Waals surface area (Å²) in [5.41, 5.74) is 2.83. The number of hydrogen-bond donors (Lipinski definition) is 1. The molecule has 5 heteroatoms. The molecule has 0 saturated carbocycles. The quantitative estimate of drug-likeness (QED) is 0.751. The van der Waals surface area contributed by atoms with Crippen LogP contribution in [0.4, 0.5) is 0 Å². The first-order valence-corrected chi connectivity index (χ1v) is 8.18. The number of hydrogen-bond acceptors (Lipinski definition) is 3. The average molecular weight is 338 g/mol. The van der Waals surface area contributed by atoms with Crippen molar-refractivity contribution >= 4 is 16.8 Å². The Labute approximate surface area is 147 Å². The molecule has 130 valence electrons. The first-order valence-electron chi connectivity index (χ1n) is 8.18. The van der Waals surface area contributed by atoms with E-state index in [9.17, 15) is 4.79 Å². The maximum Gasteiger partial charge on any atom is 0.258 e. The molecule has 1 heterocycles. The summed E-state index contributed by atoms with van der Waals surface area (Å²) in [6, 6.07) is 13.6. The van der Waals surface area contributed by atoms with E-state index < -0.39 is 0 Å². The molecule has 0 spiro atoms. The molecule has 0 aliphatic heterocycles. The van der Waals surface area contributed by atoms with Crippen LogP contribution in [0.15, 0.2) is 48.7 Å². The normalized spacial score (nSPS) is 10.7. The minimum atomic E-state index is -0.200. The standard InChI is InChI=1S/C20H22N2O3/c1-22-13-14(15-7-4-5-8-16(15)22)11-12-21-20(23)19-17(24-2)9-6-10-18(19)25-3/h4-10,13H,11-12H2,1-3H3,(H,21,23). The molecule has 3 aromatic rings. The van der Waals surface area contributed by atoms with Crippen molar-refractivity contribution in [3.05, 3.63) is 59.8 Å². The summed E-state index contributed by atoms with van der Waals surface area (Å²) in [7, 11) is 5.12. The van der Waals surface area contributed by atoms with Crippen LogP contribution in [0.25, 0.3) is 10.9 Å². The number of aryl methyl sites for hydroxylation is 1. The number of fused-ring (bicyclic) bond motifs is 1. The van der Waals surface area contributed by atoms with E-state index in [4.69, 9.17) is 9.47 Å². The number of carbonyl (C=O) groups excluding carboxylic acids is 1. The highest BCUT2D eigenvalue weighted by Crippen LogP contribution is 2.28. The van der Waals surface area contributed by atoms with Crippen molar-refractivity contribution in [3.8, 4) is 11.5 Å². The monoisotopic (exact) mass is 338 g/mol. The fraction of sp³-hybridized carbons (Fsp3) is 0.250. The van der Waals surface area contributed by atoms with E-state index >= 15 is 0 Å². The molecule has 2 aromatic carbocycles. The molecule has 0 saturated heterocycles. The first kappa shape index (κ1) is 16.9. The number of aromatic nitrogens is 1. The number of ether oxygens (including phenoxy) is 2. The van der Waals surface area contributed by atoms with Gasteiger partial charge in [-0.1, -0.05) is 24.3 Å². The minimum absolute atomic E-state index is 0.200. The number of nitrogens with zero attached hydrogens (tertiary/aromatic N) is 1. The van der Waals surface area contributed by atoms with Crippen molar-refractivity contribution in [2.24, 2.45) is 7.05 Å². The maximum absolute atomic E-state index is 12.6.